The number of carbonyl (C=O) groups is 1. The van der Waals surface area contributed by atoms with Gasteiger partial charge in [0.05, 0.1) is 32.0 Å². The van der Waals surface area contributed by atoms with E-state index in [1.165, 1.54) is 18.4 Å². The van der Waals surface area contributed by atoms with E-state index in [1.807, 2.05) is 30.3 Å². The minimum Gasteiger partial charge on any atom is -0.497 e. The number of methoxy groups -OCH3 is 2. The van der Waals surface area contributed by atoms with E-state index < -0.39 is 0 Å². The van der Waals surface area contributed by atoms with Crippen molar-refractivity contribution in [3.05, 3.63) is 48.0 Å². The Hall–Kier alpha value is -2.89. The highest BCUT2D eigenvalue weighted by Gasteiger charge is 2.18. The highest BCUT2D eigenvalue weighted by molar-refractivity contribution is 5.70. The molecule has 136 valence electrons. The number of hydrogen-bond acceptors (Lipinski definition) is 6. The molecular weight excluding hydrogens is 330 g/mol. The normalized spacial score (nSPS) is 13.5. The SMILES string of the molecule is COC(=O)CCN1CCCc2cc(N=Nc3ccc(OC)cc3)ccc21. The highest BCUT2D eigenvalue weighted by atomic mass is 16.5. The number of carbonyl (C=O) groups excluding carboxylic acids is 1. The average molecular weight is 353 g/mol. The zero-order chi connectivity index (χ0) is 18.4. The minimum atomic E-state index is -0.179. The molecule has 1 heterocycles. The van der Waals surface area contributed by atoms with Gasteiger partial charge in [0.15, 0.2) is 0 Å². The van der Waals surface area contributed by atoms with Crippen molar-refractivity contribution in [2.75, 3.05) is 32.2 Å². The average Bonchev–Trinajstić information content (AvgIpc) is 2.70. The van der Waals surface area contributed by atoms with Gasteiger partial charge < -0.3 is 14.4 Å². The first-order valence-electron chi connectivity index (χ1n) is 8.70. The van der Waals surface area contributed by atoms with Crippen LogP contribution in [0.4, 0.5) is 17.1 Å². The maximum absolute atomic E-state index is 11.4. The fraction of sp³-hybridized carbons (Fsp3) is 0.350. The number of esters is 1. The Kier molecular flexibility index (Phi) is 5.84. The van der Waals surface area contributed by atoms with Gasteiger partial charge in [0.2, 0.25) is 0 Å². The van der Waals surface area contributed by atoms with Crippen molar-refractivity contribution in [2.24, 2.45) is 10.2 Å². The Labute approximate surface area is 153 Å². The number of fused-ring (bicyclic) bond motifs is 1. The second-order valence-electron chi connectivity index (χ2n) is 6.13. The van der Waals surface area contributed by atoms with Crippen LogP contribution in [0.15, 0.2) is 52.7 Å². The van der Waals surface area contributed by atoms with E-state index in [0.717, 1.165) is 36.5 Å². The first-order chi connectivity index (χ1) is 12.7. The van der Waals surface area contributed by atoms with Crippen LogP contribution in [0.1, 0.15) is 18.4 Å². The van der Waals surface area contributed by atoms with Crippen LogP contribution >= 0.6 is 0 Å². The number of azo groups is 1. The van der Waals surface area contributed by atoms with Gasteiger partial charge in [0.1, 0.15) is 5.75 Å². The van der Waals surface area contributed by atoms with Crippen molar-refractivity contribution in [3.8, 4) is 5.75 Å². The largest absolute Gasteiger partial charge is 0.497 e. The van der Waals surface area contributed by atoms with E-state index in [1.54, 1.807) is 7.11 Å². The number of hydrogen-bond donors (Lipinski definition) is 0. The zero-order valence-corrected chi connectivity index (χ0v) is 15.1. The van der Waals surface area contributed by atoms with E-state index >= 15 is 0 Å². The Balaban J connectivity index is 1.71. The molecule has 0 amide bonds. The predicted molar refractivity (Wildman–Crippen MR) is 101 cm³/mol. The third-order valence-electron chi connectivity index (χ3n) is 4.44. The molecule has 0 radical (unpaired) electrons. The van der Waals surface area contributed by atoms with Crippen molar-refractivity contribution in [2.45, 2.75) is 19.3 Å². The molecule has 0 bridgehead atoms. The smallest absolute Gasteiger partial charge is 0.307 e. The van der Waals surface area contributed by atoms with Gasteiger partial charge >= 0.3 is 5.97 Å². The molecule has 0 saturated heterocycles. The molecule has 3 rings (SSSR count). The maximum atomic E-state index is 11.4. The van der Waals surface area contributed by atoms with Crippen LogP contribution in [0, 0.1) is 0 Å². The summed E-state index contributed by atoms with van der Waals surface area (Å²) in [6, 6.07) is 13.6. The molecule has 2 aromatic carbocycles. The number of benzene rings is 2. The molecule has 0 fully saturated rings. The maximum Gasteiger partial charge on any atom is 0.307 e. The molecule has 0 spiro atoms. The Bertz CT molecular complexity index is 787. The summed E-state index contributed by atoms with van der Waals surface area (Å²) in [6.45, 7) is 1.63. The topological polar surface area (TPSA) is 63.5 Å². The van der Waals surface area contributed by atoms with Crippen LogP contribution in [0.3, 0.4) is 0 Å². The van der Waals surface area contributed by atoms with Gasteiger partial charge in [0, 0.05) is 18.8 Å². The molecule has 0 aromatic heterocycles. The van der Waals surface area contributed by atoms with Crippen LogP contribution < -0.4 is 9.64 Å². The monoisotopic (exact) mass is 353 g/mol. The fourth-order valence-corrected chi connectivity index (χ4v) is 3.05. The number of ether oxygens (including phenoxy) is 2. The lowest BCUT2D eigenvalue weighted by molar-refractivity contribution is -0.140. The lowest BCUT2D eigenvalue weighted by atomic mass is 10.0. The molecule has 1 aliphatic heterocycles. The standard InChI is InChI=1S/C20H23N3O3/c1-25-18-8-5-16(6-9-18)21-22-17-7-10-19-15(14-17)4-3-12-23(19)13-11-20(24)26-2/h5-10,14H,3-4,11-13H2,1-2H3. The quantitative estimate of drug-likeness (QED) is 0.569. The predicted octanol–water partition coefficient (Wildman–Crippen LogP) is 4.43. The first-order valence-corrected chi connectivity index (χ1v) is 8.70. The van der Waals surface area contributed by atoms with Gasteiger partial charge in [-0.3, -0.25) is 4.79 Å². The Morgan fingerprint density at radius 3 is 2.54 bits per heavy atom. The van der Waals surface area contributed by atoms with Crippen LogP contribution in [-0.2, 0) is 16.0 Å². The number of nitrogens with zero attached hydrogens (tertiary/aromatic N) is 3. The van der Waals surface area contributed by atoms with Crippen molar-refractivity contribution in [1.29, 1.82) is 0 Å². The molecule has 1 aliphatic rings. The summed E-state index contributed by atoms with van der Waals surface area (Å²) in [6.07, 6.45) is 2.47. The number of anilines is 1. The summed E-state index contributed by atoms with van der Waals surface area (Å²) in [4.78, 5) is 13.6. The van der Waals surface area contributed by atoms with Gasteiger partial charge in [-0.15, -0.1) is 0 Å². The van der Waals surface area contributed by atoms with Crippen molar-refractivity contribution in [1.82, 2.24) is 0 Å². The Morgan fingerprint density at radius 2 is 1.81 bits per heavy atom. The first kappa shape index (κ1) is 17.9. The lowest BCUT2D eigenvalue weighted by Crippen LogP contribution is -2.31. The van der Waals surface area contributed by atoms with Crippen LogP contribution in [0.5, 0.6) is 5.75 Å². The van der Waals surface area contributed by atoms with E-state index in [-0.39, 0.29) is 5.97 Å². The fourth-order valence-electron chi connectivity index (χ4n) is 3.05. The molecule has 2 aromatic rings. The highest BCUT2D eigenvalue weighted by Crippen LogP contribution is 2.31. The number of aryl methyl sites for hydroxylation is 1. The lowest BCUT2D eigenvalue weighted by Gasteiger charge is -2.31. The second kappa shape index (κ2) is 8.47. The molecule has 0 atom stereocenters. The number of rotatable bonds is 6. The van der Waals surface area contributed by atoms with Gasteiger partial charge in [0.25, 0.3) is 0 Å². The van der Waals surface area contributed by atoms with Gasteiger partial charge in [-0.25, -0.2) is 0 Å². The zero-order valence-electron chi connectivity index (χ0n) is 15.1. The molecule has 0 saturated carbocycles. The van der Waals surface area contributed by atoms with Gasteiger partial charge in [-0.05, 0) is 60.9 Å². The van der Waals surface area contributed by atoms with Crippen molar-refractivity contribution >= 4 is 23.0 Å². The van der Waals surface area contributed by atoms with Gasteiger partial charge in [-0.1, -0.05) is 0 Å². The van der Waals surface area contributed by atoms with E-state index in [9.17, 15) is 4.79 Å². The Morgan fingerprint density at radius 1 is 1.08 bits per heavy atom. The third kappa shape index (κ3) is 4.39. The molecule has 0 N–H and O–H groups in total. The summed E-state index contributed by atoms with van der Waals surface area (Å²) >= 11 is 0. The molecule has 6 nitrogen and oxygen atoms in total. The summed E-state index contributed by atoms with van der Waals surface area (Å²) in [5, 5.41) is 8.63. The minimum absolute atomic E-state index is 0.179. The molecule has 6 heteroatoms. The van der Waals surface area contributed by atoms with E-state index in [2.05, 4.69) is 27.3 Å². The second-order valence-corrected chi connectivity index (χ2v) is 6.13. The third-order valence-corrected chi connectivity index (χ3v) is 4.44. The summed E-state index contributed by atoms with van der Waals surface area (Å²) in [5.41, 5.74) is 4.02. The van der Waals surface area contributed by atoms with Gasteiger partial charge in [-0.2, -0.15) is 10.2 Å². The summed E-state index contributed by atoms with van der Waals surface area (Å²) in [5.74, 6) is 0.617. The summed E-state index contributed by atoms with van der Waals surface area (Å²) < 4.78 is 9.88. The van der Waals surface area contributed by atoms with Crippen LogP contribution in [-0.4, -0.2) is 33.3 Å². The summed E-state index contributed by atoms with van der Waals surface area (Å²) in [7, 11) is 3.06. The van der Waals surface area contributed by atoms with Crippen LogP contribution in [0.25, 0.3) is 0 Å². The molecule has 0 aliphatic carbocycles. The van der Waals surface area contributed by atoms with Crippen molar-refractivity contribution < 1.29 is 14.3 Å². The van der Waals surface area contributed by atoms with E-state index in [0.29, 0.717) is 13.0 Å². The van der Waals surface area contributed by atoms with Crippen molar-refractivity contribution in [3.63, 3.8) is 0 Å². The molecule has 0 unspecified atom stereocenters. The van der Waals surface area contributed by atoms with E-state index in [4.69, 9.17) is 9.47 Å². The molecular formula is C20H23N3O3. The van der Waals surface area contributed by atoms with Crippen LogP contribution in [0.2, 0.25) is 0 Å². The molecule has 26 heavy (non-hydrogen) atoms.